The Morgan fingerprint density at radius 3 is 2.54 bits per heavy atom. The molecule has 0 saturated carbocycles. The van der Waals surface area contributed by atoms with Crippen LogP contribution in [-0.2, 0) is 18.6 Å². The van der Waals surface area contributed by atoms with E-state index in [1.165, 1.54) is 0 Å². The van der Waals surface area contributed by atoms with Crippen molar-refractivity contribution in [2.24, 2.45) is 0 Å². The van der Waals surface area contributed by atoms with Gasteiger partial charge in [-0.1, -0.05) is 6.58 Å². The Hall–Kier alpha value is -0.390. The molecule has 8 heteroatoms. The minimum Gasteiger partial charge on any atom is -0.431 e. The fourth-order valence-corrected chi connectivity index (χ4v) is 1.05. The summed E-state index contributed by atoms with van der Waals surface area (Å²) < 4.78 is 18.6. The van der Waals surface area contributed by atoms with Crippen molar-refractivity contribution in [3.63, 3.8) is 0 Å². The Bertz CT molecular complexity index is 235. The average molecular weight is 231 g/mol. The van der Waals surface area contributed by atoms with E-state index in [0.717, 1.165) is 6.08 Å². The second-order valence-corrected chi connectivity index (χ2v) is 3.32. The molecule has 0 aliphatic heterocycles. The molecule has 2 N–H and O–H groups in total. The number of hydrogen-bond acceptors (Lipinski definition) is 4. The summed E-state index contributed by atoms with van der Waals surface area (Å²) in [5.74, 6) is -1.26. The quantitative estimate of drug-likeness (QED) is 0.233. The summed E-state index contributed by atoms with van der Waals surface area (Å²) in [5.41, 5.74) is 0. The number of carbonyl (C=O) groups excluding carboxylic acids is 1. The van der Waals surface area contributed by atoms with Crippen LogP contribution in [0.25, 0.3) is 0 Å². The monoisotopic (exact) mass is 230 g/mol. The molecule has 0 rings (SSSR count). The number of carbonyl (C=O) groups is 1. The second kappa shape index (κ2) is 5.36. The normalized spacial score (nSPS) is 13.5. The molecule has 13 heavy (non-hydrogen) atoms. The molecular formula is C5H8ClO6P. The molecule has 0 heterocycles. The molecule has 0 aromatic carbocycles. The van der Waals surface area contributed by atoms with Crippen molar-refractivity contribution < 1.29 is 28.4 Å². The summed E-state index contributed by atoms with van der Waals surface area (Å²) >= 11 is 5.19. The number of phosphoric acid groups is 1. The van der Waals surface area contributed by atoms with E-state index < -0.39 is 20.1 Å². The van der Waals surface area contributed by atoms with Crippen molar-refractivity contribution in [2.75, 3.05) is 5.88 Å². The number of ether oxygens (including phenoxy) is 1. The van der Waals surface area contributed by atoms with Crippen LogP contribution < -0.4 is 0 Å². The van der Waals surface area contributed by atoms with Crippen LogP contribution in [0, 0.1) is 0 Å². The predicted molar refractivity (Wildman–Crippen MR) is 43.9 cm³/mol. The molecule has 0 aliphatic rings. The van der Waals surface area contributed by atoms with Gasteiger partial charge in [-0.3, -0.25) is 0 Å². The molecule has 0 bridgehead atoms. The van der Waals surface area contributed by atoms with Crippen LogP contribution in [0.15, 0.2) is 12.7 Å². The topological polar surface area (TPSA) is 93.1 Å². The fraction of sp³-hybridized carbons (Fsp3) is 0.400. The van der Waals surface area contributed by atoms with Gasteiger partial charge >= 0.3 is 13.8 Å². The van der Waals surface area contributed by atoms with E-state index in [2.05, 4.69) is 15.8 Å². The Morgan fingerprint density at radius 1 is 1.69 bits per heavy atom. The van der Waals surface area contributed by atoms with E-state index in [4.69, 9.17) is 21.4 Å². The van der Waals surface area contributed by atoms with Gasteiger partial charge in [0.25, 0.3) is 0 Å². The number of hydrogen-bond donors (Lipinski definition) is 2. The molecule has 0 fully saturated rings. The molecule has 0 amide bonds. The van der Waals surface area contributed by atoms with Gasteiger partial charge in [0, 0.05) is 6.08 Å². The zero-order valence-electron chi connectivity index (χ0n) is 6.42. The maximum Gasteiger partial charge on any atom is 0.472 e. The first-order valence-electron chi connectivity index (χ1n) is 3.02. The summed E-state index contributed by atoms with van der Waals surface area (Å²) in [7, 11) is -4.70. The van der Waals surface area contributed by atoms with Crippen molar-refractivity contribution in [3.05, 3.63) is 12.7 Å². The van der Waals surface area contributed by atoms with Crippen molar-refractivity contribution >= 4 is 25.4 Å². The number of phosphoric ester groups is 1. The summed E-state index contributed by atoms with van der Waals surface area (Å²) in [6.07, 6.45) is -0.657. The highest BCUT2D eigenvalue weighted by Gasteiger charge is 2.23. The minimum atomic E-state index is -4.70. The lowest BCUT2D eigenvalue weighted by molar-refractivity contribution is -0.155. The molecule has 76 valence electrons. The standard InChI is InChI=1S/C5H8ClO6P/c1-2-4(7)11-5(3-6)12-13(8,9)10/h2,5H,1,3H2,(H2,8,9,10). The van der Waals surface area contributed by atoms with Crippen molar-refractivity contribution in [1.29, 1.82) is 0 Å². The summed E-state index contributed by atoms with van der Waals surface area (Å²) in [5, 5.41) is 0. The molecule has 0 aromatic rings. The van der Waals surface area contributed by atoms with Gasteiger partial charge in [0.2, 0.25) is 6.29 Å². The first kappa shape index (κ1) is 12.6. The first-order chi connectivity index (χ1) is 5.89. The number of halogens is 1. The van der Waals surface area contributed by atoms with Gasteiger partial charge in [-0.05, 0) is 0 Å². The summed E-state index contributed by atoms with van der Waals surface area (Å²) in [6.45, 7) is 3.08. The van der Waals surface area contributed by atoms with E-state index in [-0.39, 0.29) is 5.88 Å². The van der Waals surface area contributed by atoms with Crippen molar-refractivity contribution in [3.8, 4) is 0 Å². The van der Waals surface area contributed by atoms with Crippen LogP contribution in [0.4, 0.5) is 0 Å². The third kappa shape index (κ3) is 6.74. The number of alkyl halides is 1. The van der Waals surface area contributed by atoms with E-state index in [1.807, 2.05) is 0 Å². The van der Waals surface area contributed by atoms with Crippen LogP contribution in [0.5, 0.6) is 0 Å². The van der Waals surface area contributed by atoms with E-state index in [9.17, 15) is 9.36 Å². The lowest BCUT2D eigenvalue weighted by Gasteiger charge is -2.14. The van der Waals surface area contributed by atoms with E-state index >= 15 is 0 Å². The van der Waals surface area contributed by atoms with Crippen LogP contribution in [0.2, 0.25) is 0 Å². The van der Waals surface area contributed by atoms with Crippen molar-refractivity contribution in [1.82, 2.24) is 0 Å². The molecule has 6 nitrogen and oxygen atoms in total. The number of esters is 1. The largest absolute Gasteiger partial charge is 0.472 e. The Morgan fingerprint density at radius 2 is 2.23 bits per heavy atom. The maximum atomic E-state index is 10.5. The van der Waals surface area contributed by atoms with Crippen LogP contribution in [-0.4, -0.2) is 27.9 Å². The summed E-state index contributed by atoms with van der Waals surface area (Å²) in [6, 6.07) is 0. The molecule has 1 unspecified atom stereocenters. The molecule has 0 spiro atoms. The van der Waals surface area contributed by atoms with Crippen molar-refractivity contribution in [2.45, 2.75) is 6.29 Å². The van der Waals surface area contributed by atoms with Gasteiger partial charge in [0.15, 0.2) is 0 Å². The maximum absolute atomic E-state index is 10.5. The molecular weight excluding hydrogens is 222 g/mol. The zero-order valence-corrected chi connectivity index (χ0v) is 8.07. The highest BCUT2D eigenvalue weighted by molar-refractivity contribution is 7.46. The Kier molecular flexibility index (Phi) is 5.20. The predicted octanol–water partition coefficient (Wildman–Crippen LogP) is 0.390. The van der Waals surface area contributed by atoms with E-state index in [1.54, 1.807) is 0 Å². The van der Waals surface area contributed by atoms with Crippen LogP contribution in [0.3, 0.4) is 0 Å². The second-order valence-electron chi connectivity index (χ2n) is 1.82. The first-order valence-corrected chi connectivity index (χ1v) is 5.08. The van der Waals surface area contributed by atoms with Gasteiger partial charge in [0.1, 0.15) is 0 Å². The minimum absolute atomic E-state index is 0.384. The Labute approximate surface area is 79.3 Å². The zero-order chi connectivity index (χ0) is 10.5. The summed E-state index contributed by atoms with van der Waals surface area (Å²) in [4.78, 5) is 27.2. The smallest absolute Gasteiger partial charge is 0.431 e. The third-order valence-electron chi connectivity index (χ3n) is 0.795. The van der Waals surface area contributed by atoms with Gasteiger partial charge in [-0.25, -0.2) is 13.9 Å². The molecule has 0 radical (unpaired) electrons. The highest BCUT2D eigenvalue weighted by Crippen LogP contribution is 2.37. The molecule has 0 aromatic heterocycles. The van der Waals surface area contributed by atoms with Gasteiger partial charge < -0.3 is 14.5 Å². The molecule has 0 aliphatic carbocycles. The van der Waals surface area contributed by atoms with Gasteiger partial charge in [-0.2, -0.15) is 0 Å². The number of rotatable bonds is 5. The average Bonchev–Trinajstić information content (AvgIpc) is 2.00. The van der Waals surface area contributed by atoms with Crippen LogP contribution in [0.1, 0.15) is 0 Å². The van der Waals surface area contributed by atoms with Crippen LogP contribution >= 0.6 is 19.4 Å². The SMILES string of the molecule is C=CC(=O)OC(CCl)OP(=O)(O)O. The van der Waals surface area contributed by atoms with Gasteiger partial charge in [0.05, 0.1) is 5.88 Å². The van der Waals surface area contributed by atoms with E-state index in [0.29, 0.717) is 0 Å². The highest BCUT2D eigenvalue weighted by atomic mass is 35.5. The molecule has 0 saturated heterocycles. The lowest BCUT2D eigenvalue weighted by atomic mass is 10.6. The lowest BCUT2D eigenvalue weighted by Crippen LogP contribution is -2.20. The fourth-order valence-electron chi connectivity index (χ4n) is 0.412. The molecule has 1 atom stereocenters. The third-order valence-corrected chi connectivity index (χ3v) is 1.56. The van der Waals surface area contributed by atoms with Gasteiger partial charge in [-0.15, -0.1) is 11.6 Å². The Balaban J connectivity index is 4.12.